The molecule has 0 saturated carbocycles. The van der Waals surface area contributed by atoms with Gasteiger partial charge in [0.1, 0.15) is 11.5 Å². The number of amides is 1. The molecular formula is C15H19NO3. The zero-order chi connectivity index (χ0) is 13.2. The molecule has 2 heterocycles. The van der Waals surface area contributed by atoms with Gasteiger partial charge in [-0.25, -0.2) is 0 Å². The summed E-state index contributed by atoms with van der Waals surface area (Å²) in [4.78, 5) is 12.0. The Hall–Kier alpha value is -1.71. The van der Waals surface area contributed by atoms with E-state index in [2.05, 4.69) is 18.3 Å². The second kappa shape index (κ2) is 5.11. The van der Waals surface area contributed by atoms with Crippen molar-refractivity contribution in [3.05, 3.63) is 22.8 Å². The van der Waals surface area contributed by atoms with Crippen LogP contribution in [-0.2, 0) is 24.1 Å². The summed E-state index contributed by atoms with van der Waals surface area (Å²) in [6, 6.07) is 2.08. The molecule has 0 atom stereocenters. The molecule has 0 aromatic heterocycles. The number of ether oxygens (including phenoxy) is 2. The molecule has 0 bridgehead atoms. The third-order valence-corrected chi connectivity index (χ3v) is 3.67. The quantitative estimate of drug-likeness (QED) is 0.896. The molecule has 0 spiro atoms. The van der Waals surface area contributed by atoms with E-state index in [-0.39, 0.29) is 5.91 Å². The van der Waals surface area contributed by atoms with E-state index < -0.39 is 0 Å². The van der Waals surface area contributed by atoms with Crippen LogP contribution < -0.4 is 14.8 Å². The maximum Gasteiger partial charge on any atom is 0.224 e. The topological polar surface area (TPSA) is 47.6 Å². The molecule has 3 rings (SSSR count). The minimum absolute atomic E-state index is 0.0693. The molecule has 1 aromatic carbocycles. The summed E-state index contributed by atoms with van der Waals surface area (Å²) < 4.78 is 11.4. The van der Waals surface area contributed by atoms with Gasteiger partial charge in [0.25, 0.3) is 0 Å². The molecule has 2 aliphatic heterocycles. The molecular weight excluding hydrogens is 242 g/mol. The van der Waals surface area contributed by atoms with Crippen LogP contribution in [0.1, 0.15) is 30.0 Å². The molecule has 102 valence electrons. The fraction of sp³-hybridized carbons (Fsp3) is 0.533. The molecule has 0 saturated heterocycles. The monoisotopic (exact) mass is 261 g/mol. The number of hydrogen-bond acceptors (Lipinski definition) is 3. The minimum atomic E-state index is 0.0693. The van der Waals surface area contributed by atoms with Crippen molar-refractivity contribution in [1.29, 1.82) is 0 Å². The van der Waals surface area contributed by atoms with Crippen LogP contribution in [0.25, 0.3) is 0 Å². The number of benzene rings is 1. The van der Waals surface area contributed by atoms with Crippen LogP contribution >= 0.6 is 0 Å². The summed E-state index contributed by atoms with van der Waals surface area (Å²) in [7, 11) is 0. The Balaban J connectivity index is 1.89. The molecule has 19 heavy (non-hydrogen) atoms. The maximum absolute atomic E-state index is 12.0. The van der Waals surface area contributed by atoms with Crippen molar-refractivity contribution in [3.8, 4) is 11.5 Å². The fourth-order valence-corrected chi connectivity index (χ4v) is 2.76. The van der Waals surface area contributed by atoms with Crippen LogP contribution in [0.3, 0.4) is 0 Å². The van der Waals surface area contributed by atoms with E-state index in [9.17, 15) is 4.79 Å². The zero-order valence-electron chi connectivity index (χ0n) is 11.3. The first kappa shape index (κ1) is 12.3. The Labute approximate surface area is 113 Å². The summed E-state index contributed by atoms with van der Waals surface area (Å²) in [5.41, 5.74) is 3.38. The fourth-order valence-electron chi connectivity index (χ4n) is 2.76. The normalized spacial score (nSPS) is 15.4. The lowest BCUT2D eigenvalue weighted by molar-refractivity contribution is -0.120. The highest BCUT2D eigenvalue weighted by Crippen LogP contribution is 2.40. The number of carbonyl (C=O) groups is 1. The van der Waals surface area contributed by atoms with Gasteiger partial charge in [0.15, 0.2) is 0 Å². The number of nitrogens with one attached hydrogen (secondary N) is 1. The third-order valence-electron chi connectivity index (χ3n) is 3.67. The van der Waals surface area contributed by atoms with Crippen LogP contribution in [0.15, 0.2) is 6.07 Å². The van der Waals surface area contributed by atoms with Crippen molar-refractivity contribution in [2.75, 3.05) is 19.8 Å². The van der Waals surface area contributed by atoms with Gasteiger partial charge in [-0.05, 0) is 12.5 Å². The van der Waals surface area contributed by atoms with Crippen molar-refractivity contribution >= 4 is 5.91 Å². The number of fused-ring (bicyclic) bond motifs is 2. The van der Waals surface area contributed by atoms with E-state index in [1.165, 1.54) is 5.56 Å². The van der Waals surface area contributed by atoms with E-state index >= 15 is 0 Å². The Kier molecular flexibility index (Phi) is 3.32. The maximum atomic E-state index is 12.0. The van der Waals surface area contributed by atoms with E-state index in [1.54, 1.807) is 0 Å². The molecule has 0 aliphatic carbocycles. The Morgan fingerprint density at radius 3 is 3.00 bits per heavy atom. The predicted octanol–water partition coefficient (Wildman–Crippen LogP) is 1.63. The van der Waals surface area contributed by atoms with Crippen LogP contribution in [0, 0.1) is 0 Å². The molecule has 2 aliphatic rings. The Bertz CT molecular complexity index is 478. The van der Waals surface area contributed by atoms with Crippen molar-refractivity contribution < 1.29 is 14.3 Å². The highest BCUT2D eigenvalue weighted by molar-refractivity contribution is 5.80. The summed E-state index contributed by atoms with van der Waals surface area (Å²) in [5, 5.41) is 2.93. The van der Waals surface area contributed by atoms with Gasteiger partial charge in [-0.1, -0.05) is 6.92 Å². The van der Waals surface area contributed by atoms with Crippen molar-refractivity contribution in [1.82, 2.24) is 5.32 Å². The molecule has 0 radical (unpaired) electrons. The van der Waals surface area contributed by atoms with Gasteiger partial charge in [-0.2, -0.15) is 0 Å². The lowest BCUT2D eigenvalue weighted by Crippen LogP contribution is -2.26. The zero-order valence-corrected chi connectivity index (χ0v) is 11.3. The first-order valence-electron chi connectivity index (χ1n) is 6.99. The van der Waals surface area contributed by atoms with Gasteiger partial charge in [0.05, 0.1) is 19.6 Å². The summed E-state index contributed by atoms with van der Waals surface area (Å²) in [6.45, 7) is 4.20. The average Bonchev–Trinajstić information content (AvgIpc) is 3.04. The standard InChI is InChI=1S/C15H19NO3/c1-2-5-16-14(17)9-12-11-4-7-18-13(11)8-10-3-6-19-15(10)12/h8H,2-7,9H2,1H3,(H,16,17). The molecule has 0 unspecified atom stereocenters. The number of hydrogen-bond donors (Lipinski definition) is 1. The molecule has 4 nitrogen and oxygen atoms in total. The van der Waals surface area contributed by atoms with Gasteiger partial charge in [0.2, 0.25) is 5.91 Å². The number of carbonyl (C=O) groups excluding carboxylic acids is 1. The summed E-state index contributed by atoms with van der Waals surface area (Å²) >= 11 is 0. The van der Waals surface area contributed by atoms with E-state index in [4.69, 9.17) is 9.47 Å². The van der Waals surface area contributed by atoms with Gasteiger partial charge in [-0.15, -0.1) is 0 Å². The van der Waals surface area contributed by atoms with E-state index in [1.807, 2.05) is 0 Å². The van der Waals surface area contributed by atoms with Crippen molar-refractivity contribution in [2.45, 2.75) is 32.6 Å². The predicted molar refractivity (Wildman–Crippen MR) is 71.8 cm³/mol. The van der Waals surface area contributed by atoms with E-state index in [0.717, 1.165) is 48.4 Å². The molecule has 0 fully saturated rings. The first-order valence-corrected chi connectivity index (χ1v) is 6.99. The third kappa shape index (κ3) is 2.27. The van der Waals surface area contributed by atoms with E-state index in [0.29, 0.717) is 19.6 Å². The second-order valence-electron chi connectivity index (χ2n) is 5.04. The van der Waals surface area contributed by atoms with Crippen LogP contribution in [0.4, 0.5) is 0 Å². The van der Waals surface area contributed by atoms with Gasteiger partial charge in [-0.3, -0.25) is 4.79 Å². The Morgan fingerprint density at radius 2 is 2.16 bits per heavy atom. The molecule has 1 N–H and O–H groups in total. The molecule has 4 heteroatoms. The second-order valence-corrected chi connectivity index (χ2v) is 5.04. The van der Waals surface area contributed by atoms with Crippen LogP contribution in [0.2, 0.25) is 0 Å². The van der Waals surface area contributed by atoms with Crippen molar-refractivity contribution in [2.24, 2.45) is 0 Å². The summed E-state index contributed by atoms with van der Waals surface area (Å²) in [5.74, 6) is 1.94. The van der Waals surface area contributed by atoms with Gasteiger partial charge < -0.3 is 14.8 Å². The molecule has 1 aromatic rings. The van der Waals surface area contributed by atoms with Crippen molar-refractivity contribution in [3.63, 3.8) is 0 Å². The lowest BCUT2D eigenvalue weighted by Gasteiger charge is -2.12. The Morgan fingerprint density at radius 1 is 1.32 bits per heavy atom. The smallest absolute Gasteiger partial charge is 0.224 e. The first-order chi connectivity index (χ1) is 9.29. The SMILES string of the molecule is CCCNC(=O)Cc1c2c(cc3c1OCC3)OCC2. The van der Waals surface area contributed by atoms with Crippen LogP contribution in [0.5, 0.6) is 11.5 Å². The average molecular weight is 261 g/mol. The van der Waals surface area contributed by atoms with Gasteiger partial charge >= 0.3 is 0 Å². The largest absolute Gasteiger partial charge is 0.493 e. The lowest BCUT2D eigenvalue weighted by atomic mass is 9.97. The summed E-state index contributed by atoms with van der Waals surface area (Å²) in [6.07, 6.45) is 3.14. The number of rotatable bonds is 4. The highest BCUT2D eigenvalue weighted by Gasteiger charge is 2.27. The minimum Gasteiger partial charge on any atom is -0.493 e. The molecule has 1 amide bonds. The highest BCUT2D eigenvalue weighted by atomic mass is 16.5. The van der Waals surface area contributed by atoms with Gasteiger partial charge in [0, 0.05) is 36.1 Å². The van der Waals surface area contributed by atoms with Crippen LogP contribution in [-0.4, -0.2) is 25.7 Å².